The van der Waals surface area contributed by atoms with Crippen LogP contribution in [0.5, 0.6) is 0 Å². The van der Waals surface area contributed by atoms with Crippen LogP contribution in [0.1, 0.15) is 12.5 Å². The van der Waals surface area contributed by atoms with Crippen LogP contribution >= 0.6 is 15.9 Å². The lowest BCUT2D eigenvalue weighted by atomic mass is 9.97. The molecule has 0 aromatic heterocycles. The van der Waals surface area contributed by atoms with Crippen molar-refractivity contribution in [1.29, 1.82) is 0 Å². The topological polar surface area (TPSA) is 26.3 Å². The summed E-state index contributed by atoms with van der Waals surface area (Å²) in [4.78, 5) is 10.8. The average Bonchev–Trinajstić information content (AvgIpc) is 2.17. The van der Waals surface area contributed by atoms with Gasteiger partial charge in [-0.2, -0.15) is 0 Å². The number of benzene rings is 1. The molecule has 0 fully saturated rings. The van der Waals surface area contributed by atoms with Gasteiger partial charge in [0.15, 0.2) is 6.29 Å². The summed E-state index contributed by atoms with van der Waals surface area (Å²) >= 11 is 3.14. The van der Waals surface area contributed by atoms with Crippen LogP contribution in [0, 0.1) is 5.82 Å². The average molecular weight is 261 g/mol. The van der Waals surface area contributed by atoms with Crippen LogP contribution in [0.3, 0.4) is 0 Å². The molecule has 76 valence electrons. The van der Waals surface area contributed by atoms with Crippen LogP contribution in [-0.4, -0.2) is 13.4 Å². The van der Waals surface area contributed by atoms with E-state index in [1.54, 1.807) is 6.07 Å². The molecular formula is C10H10BrFO2. The maximum atomic E-state index is 13.5. The number of aldehydes is 1. The van der Waals surface area contributed by atoms with E-state index in [1.807, 2.05) is 0 Å². The Morgan fingerprint density at radius 2 is 2.21 bits per heavy atom. The Kier molecular flexibility index (Phi) is 3.39. The summed E-state index contributed by atoms with van der Waals surface area (Å²) in [5.74, 6) is -0.462. The van der Waals surface area contributed by atoms with Crippen molar-refractivity contribution < 1.29 is 13.9 Å². The molecule has 4 heteroatoms. The number of carbonyl (C=O) groups excluding carboxylic acids is 1. The highest BCUT2D eigenvalue weighted by Gasteiger charge is 2.28. The van der Waals surface area contributed by atoms with Gasteiger partial charge in [0.05, 0.1) is 0 Å². The van der Waals surface area contributed by atoms with Crippen molar-refractivity contribution >= 4 is 22.2 Å². The molecule has 0 aliphatic heterocycles. The van der Waals surface area contributed by atoms with Crippen molar-refractivity contribution in [2.45, 2.75) is 12.5 Å². The second-order valence-corrected chi connectivity index (χ2v) is 3.97. The van der Waals surface area contributed by atoms with E-state index in [2.05, 4.69) is 15.9 Å². The Hall–Kier alpha value is -0.740. The van der Waals surface area contributed by atoms with Gasteiger partial charge in [-0.25, -0.2) is 4.39 Å². The fourth-order valence-electron chi connectivity index (χ4n) is 1.11. The quantitative estimate of drug-likeness (QED) is 0.782. The van der Waals surface area contributed by atoms with Crippen LogP contribution in [-0.2, 0) is 15.1 Å². The smallest absolute Gasteiger partial charge is 0.156 e. The monoisotopic (exact) mass is 260 g/mol. The normalized spacial score (nSPS) is 14.9. The minimum Gasteiger partial charge on any atom is -0.366 e. The molecule has 1 aromatic rings. The third-order valence-corrected chi connectivity index (χ3v) is 2.61. The van der Waals surface area contributed by atoms with E-state index in [0.717, 1.165) is 0 Å². The third-order valence-electron chi connectivity index (χ3n) is 2.11. The number of ether oxygens (including phenoxy) is 1. The van der Waals surface area contributed by atoms with Gasteiger partial charge in [0.25, 0.3) is 0 Å². The molecule has 0 radical (unpaired) electrons. The Balaban J connectivity index is 3.24. The van der Waals surface area contributed by atoms with Gasteiger partial charge in [0, 0.05) is 17.1 Å². The zero-order chi connectivity index (χ0) is 10.8. The Morgan fingerprint density at radius 1 is 1.57 bits per heavy atom. The summed E-state index contributed by atoms with van der Waals surface area (Å²) in [7, 11) is 1.37. The standard InChI is InChI=1S/C10H10BrFO2/c1-10(6-13,14-2)8-4-3-7(11)5-9(8)12/h3-6H,1-2H3. The van der Waals surface area contributed by atoms with E-state index in [1.165, 1.54) is 26.2 Å². The van der Waals surface area contributed by atoms with Gasteiger partial charge in [0.2, 0.25) is 0 Å². The number of halogens is 2. The number of methoxy groups -OCH3 is 1. The molecule has 1 unspecified atom stereocenters. The van der Waals surface area contributed by atoms with Crippen molar-refractivity contribution in [3.63, 3.8) is 0 Å². The van der Waals surface area contributed by atoms with Gasteiger partial charge in [-0.3, -0.25) is 4.79 Å². The molecular weight excluding hydrogens is 251 g/mol. The fourth-order valence-corrected chi connectivity index (χ4v) is 1.45. The fraction of sp³-hybridized carbons (Fsp3) is 0.300. The molecule has 0 N–H and O–H groups in total. The van der Waals surface area contributed by atoms with Crippen molar-refractivity contribution in [3.05, 3.63) is 34.1 Å². The van der Waals surface area contributed by atoms with E-state index >= 15 is 0 Å². The predicted octanol–water partition coefficient (Wildman–Crippen LogP) is 2.65. The van der Waals surface area contributed by atoms with Gasteiger partial charge in [0.1, 0.15) is 11.4 Å². The van der Waals surface area contributed by atoms with Crippen LogP contribution in [0.15, 0.2) is 22.7 Å². The molecule has 0 amide bonds. The highest BCUT2D eigenvalue weighted by molar-refractivity contribution is 9.10. The molecule has 0 saturated heterocycles. The summed E-state index contributed by atoms with van der Waals surface area (Å²) in [5.41, 5.74) is -0.983. The second kappa shape index (κ2) is 4.19. The first-order valence-electron chi connectivity index (χ1n) is 4.00. The molecule has 1 atom stereocenters. The molecule has 1 rings (SSSR count). The number of carbonyl (C=O) groups is 1. The Bertz CT molecular complexity index is 354. The van der Waals surface area contributed by atoms with E-state index in [4.69, 9.17) is 4.74 Å². The van der Waals surface area contributed by atoms with Gasteiger partial charge < -0.3 is 4.74 Å². The first-order chi connectivity index (χ1) is 6.53. The zero-order valence-corrected chi connectivity index (χ0v) is 9.47. The van der Waals surface area contributed by atoms with E-state index in [9.17, 15) is 9.18 Å². The number of hydrogen-bond donors (Lipinski definition) is 0. The maximum absolute atomic E-state index is 13.5. The lowest BCUT2D eigenvalue weighted by Gasteiger charge is -2.22. The minimum atomic E-state index is -1.22. The van der Waals surface area contributed by atoms with Crippen LogP contribution in [0.2, 0.25) is 0 Å². The minimum absolute atomic E-state index is 0.234. The first kappa shape index (κ1) is 11.3. The SMILES string of the molecule is COC(C)(C=O)c1ccc(Br)cc1F. The molecule has 1 aromatic carbocycles. The molecule has 0 aliphatic carbocycles. The first-order valence-corrected chi connectivity index (χ1v) is 4.80. The predicted molar refractivity (Wildman–Crippen MR) is 54.5 cm³/mol. The second-order valence-electron chi connectivity index (χ2n) is 3.05. The summed E-state index contributed by atoms with van der Waals surface area (Å²) < 4.78 is 19.0. The van der Waals surface area contributed by atoms with Gasteiger partial charge in [-0.1, -0.05) is 22.0 Å². The highest BCUT2D eigenvalue weighted by Crippen LogP contribution is 2.26. The summed E-state index contributed by atoms with van der Waals surface area (Å²) in [6.45, 7) is 1.52. The van der Waals surface area contributed by atoms with Crippen LogP contribution < -0.4 is 0 Å². The summed E-state index contributed by atoms with van der Waals surface area (Å²) in [6, 6.07) is 4.49. The van der Waals surface area contributed by atoms with Crippen LogP contribution in [0.25, 0.3) is 0 Å². The maximum Gasteiger partial charge on any atom is 0.156 e. The van der Waals surface area contributed by atoms with Crippen molar-refractivity contribution in [1.82, 2.24) is 0 Å². The molecule has 0 aliphatic rings. The largest absolute Gasteiger partial charge is 0.366 e. The Morgan fingerprint density at radius 3 is 2.64 bits per heavy atom. The molecule has 2 nitrogen and oxygen atoms in total. The van der Waals surface area contributed by atoms with E-state index in [0.29, 0.717) is 10.8 Å². The van der Waals surface area contributed by atoms with E-state index in [-0.39, 0.29) is 5.56 Å². The summed E-state index contributed by atoms with van der Waals surface area (Å²) in [6.07, 6.45) is 0.583. The molecule has 0 spiro atoms. The lowest BCUT2D eigenvalue weighted by molar-refractivity contribution is -0.126. The van der Waals surface area contributed by atoms with E-state index < -0.39 is 11.4 Å². The zero-order valence-electron chi connectivity index (χ0n) is 7.88. The van der Waals surface area contributed by atoms with Crippen molar-refractivity contribution in [2.75, 3.05) is 7.11 Å². The highest BCUT2D eigenvalue weighted by atomic mass is 79.9. The lowest BCUT2D eigenvalue weighted by Crippen LogP contribution is -2.27. The molecule has 0 heterocycles. The third kappa shape index (κ3) is 2.01. The number of rotatable bonds is 3. The Labute approximate surface area is 90.2 Å². The van der Waals surface area contributed by atoms with Crippen molar-refractivity contribution in [3.8, 4) is 0 Å². The molecule has 14 heavy (non-hydrogen) atoms. The number of hydrogen-bond acceptors (Lipinski definition) is 2. The van der Waals surface area contributed by atoms with Crippen molar-refractivity contribution in [2.24, 2.45) is 0 Å². The molecule has 0 bridgehead atoms. The van der Waals surface area contributed by atoms with Gasteiger partial charge in [-0.15, -0.1) is 0 Å². The molecule has 0 saturated carbocycles. The van der Waals surface area contributed by atoms with Crippen LogP contribution in [0.4, 0.5) is 4.39 Å². The van der Waals surface area contributed by atoms with Gasteiger partial charge >= 0.3 is 0 Å². The summed E-state index contributed by atoms with van der Waals surface area (Å²) in [5, 5.41) is 0. The van der Waals surface area contributed by atoms with Gasteiger partial charge in [-0.05, 0) is 19.1 Å².